The summed E-state index contributed by atoms with van der Waals surface area (Å²) in [6.45, 7) is 8.63. The zero-order valence-electron chi connectivity index (χ0n) is 14.2. The highest BCUT2D eigenvalue weighted by molar-refractivity contribution is 5.80. The number of ether oxygens (including phenoxy) is 1. The second-order valence-corrected chi connectivity index (χ2v) is 6.57. The topological polar surface area (TPSA) is 51.2 Å². The quantitative estimate of drug-likeness (QED) is 0.920. The number of pyridine rings is 1. The molecule has 0 bridgehead atoms. The Hall–Kier alpha value is -2.36. The van der Waals surface area contributed by atoms with Crippen LogP contribution in [0.3, 0.4) is 0 Å². The number of carbonyl (C=O) groups excluding carboxylic acids is 1. The minimum atomic E-state index is -0.556. The highest BCUT2D eigenvalue weighted by Crippen LogP contribution is 2.24. The molecule has 0 saturated heterocycles. The first-order valence-electron chi connectivity index (χ1n) is 7.81. The standard InChI is InChI=1S/C19H24N2O2/c1-14(18(22)21-13-16-7-5-6-12-20-16)23-17-10-8-15(9-11-17)19(2,3)4/h5-12,14H,13H2,1-4H3,(H,21,22)/t14-/m1/s1. The summed E-state index contributed by atoms with van der Waals surface area (Å²) in [6, 6.07) is 13.5. The lowest BCUT2D eigenvalue weighted by molar-refractivity contribution is -0.127. The van der Waals surface area contributed by atoms with Gasteiger partial charge in [-0.3, -0.25) is 9.78 Å². The monoisotopic (exact) mass is 312 g/mol. The molecule has 1 aromatic carbocycles. The van der Waals surface area contributed by atoms with E-state index in [4.69, 9.17) is 4.74 Å². The lowest BCUT2D eigenvalue weighted by Crippen LogP contribution is -2.36. The van der Waals surface area contributed by atoms with Gasteiger partial charge in [0.15, 0.2) is 6.10 Å². The molecule has 122 valence electrons. The number of hydrogen-bond acceptors (Lipinski definition) is 3. The third kappa shape index (κ3) is 5.09. The van der Waals surface area contributed by atoms with Crippen LogP contribution < -0.4 is 10.1 Å². The van der Waals surface area contributed by atoms with Crippen LogP contribution in [0, 0.1) is 0 Å². The van der Waals surface area contributed by atoms with Crippen LogP contribution in [0.25, 0.3) is 0 Å². The van der Waals surface area contributed by atoms with E-state index in [-0.39, 0.29) is 11.3 Å². The molecule has 23 heavy (non-hydrogen) atoms. The number of hydrogen-bond donors (Lipinski definition) is 1. The Kier molecular flexibility index (Phi) is 5.37. The first kappa shape index (κ1) is 17.0. The Morgan fingerprint density at radius 2 is 1.87 bits per heavy atom. The fraction of sp³-hybridized carbons (Fsp3) is 0.368. The predicted molar refractivity (Wildman–Crippen MR) is 91.3 cm³/mol. The van der Waals surface area contributed by atoms with Crippen molar-refractivity contribution < 1.29 is 9.53 Å². The molecule has 0 spiro atoms. The Balaban J connectivity index is 1.88. The van der Waals surface area contributed by atoms with E-state index in [1.54, 1.807) is 13.1 Å². The van der Waals surface area contributed by atoms with Crippen LogP contribution in [0.1, 0.15) is 39.0 Å². The summed E-state index contributed by atoms with van der Waals surface area (Å²) in [5.74, 6) is 0.536. The van der Waals surface area contributed by atoms with Crippen LogP contribution in [0.15, 0.2) is 48.7 Å². The summed E-state index contributed by atoms with van der Waals surface area (Å²) in [5, 5.41) is 2.83. The van der Waals surface area contributed by atoms with Gasteiger partial charge in [-0.25, -0.2) is 0 Å². The third-order valence-corrected chi connectivity index (χ3v) is 3.57. The van der Waals surface area contributed by atoms with Crippen molar-refractivity contribution in [3.63, 3.8) is 0 Å². The van der Waals surface area contributed by atoms with E-state index in [9.17, 15) is 4.79 Å². The molecule has 4 heteroatoms. The van der Waals surface area contributed by atoms with Crippen molar-refractivity contribution in [1.29, 1.82) is 0 Å². The molecule has 0 fully saturated rings. The maximum atomic E-state index is 12.1. The van der Waals surface area contributed by atoms with Gasteiger partial charge in [-0.1, -0.05) is 39.0 Å². The van der Waals surface area contributed by atoms with Gasteiger partial charge >= 0.3 is 0 Å². The maximum absolute atomic E-state index is 12.1. The van der Waals surface area contributed by atoms with E-state index in [0.29, 0.717) is 12.3 Å². The summed E-state index contributed by atoms with van der Waals surface area (Å²) in [6.07, 6.45) is 1.15. The van der Waals surface area contributed by atoms with E-state index in [1.807, 2.05) is 42.5 Å². The normalized spacial score (nSPS) is 12.5. The van der Waals surface area contributed by atoms with Crippen molar-refractivity contribution in [2.75, 3.05) is 0 Å². The molecule has 0 unspecified atom stereocenters. The van der Waals surface area contributed by atoms with Gasteiger partial charge in [-0.15, -0.1) is 0 Å². The molecule has 2 aromatic rings. The van der Waals surface area contributed by atoms with E-state index >= 15 is 0 Å². The average molecular weight is 312 g/mol. The largest absolute Gasteiger partial charge is 0.481 e. The lowest BCUT2D eigenvalue weighted by atomic mass is 9.87. The second-order valence-electron chi connectivity index (χ2n) is 6.57. The average Bonchev–Trinajstić information content (AvgIpc) is 2.53. The number of rotatable bonds is 5. The maximum Gasteiger partial charge on any atom is 0.261 e. The zero-order chi connectivity index (χ0) is 16.9. The molecular formula is C19H24N2O2. The summed E-state index contributed by atoms with van der Waals surface area (Å²) in [4.78, 5) is 16.3. The van der Waals surface area contributed by atoms with E-state index in [0.717, 1.165) is 5.69 Å². The zero-order valence-corrected chi connectivity index (χ0v) is 14.2. The van der Waals surface area contributed by atoms with Gasteiger partial charge in [0.25, 0.3) is 5.91 Å². The molecule has 1 amide bonds. The molecule has 1 heterocycles. The number of nitrogens with zero attached hydrogens (tertiary/aromatic N) is 1. The number of nitrogens with one attached hydrogen (secondary N) is 1. The molecule has 2 rings (SSSR count). The Morgan fingerprint density at radius 3 is 2.43 bits per heavy atom. The first-order chi connectivity index (χ1) is 10.9. The fourth-order valence-electron chi connectivity index (χ4n) is 2.12. The highest BCUT2D eigenvalue weighted by atomic mass is 16.5. The van der Waals surface area contributed by atoms with Gasteiger partial charge in [0.2, 0.25) is 0 Å². The van der Waals surface area contributed by atoms with E-state index in [2.05, 4.69) is 31.1 Å². The SMILES string of the molecule is C[C@@H](Oc1ccc(C(C)(C)C)cc1)C(=O)NCc1ccccn1. The van der Waals surface area contributed by atoms with Gasteiger partial charge in [-0.2, -0.15) is 0 Å². The number of benzene rings is 1. The van der Waals surface area contributed by atoms with Crippen molar-refractivity contribution >= 4 is 5.91 Å². The van der Waals surface area contributed by atoms with Crippen LogP contribution >= 0.6 is 0 Å². The van der Waals surface area contributed by atoms with Crippen LogP contribution in [0.4, 0.5) is 0 Å². The molecule has 0 aliphatic rings. The molecule has 1 N–H and O–H groups in total. The van der Waals surface area contributed by atoms with Crippen LogP contribution in [0.2, 0.25) is 0 Å². The van der Waals surface area contributed by atoms with E-state index in [1.165, 1.54) is 5.56 Å². The van der Waals surface area contributed by atoms with Gasteiger partial charge < -0.3 is 10.1 Å². The number of amides is 1. The smallest absolute Gasteiger partial charge is 0.261 e. The lowest BCUT2D eigenvalue weighted by Gasteiger charge is -2.20. The third-order valence-electron chi connectivity index (χ3n) is 3.57. The molecule has 0 saturated carbocycles. The Bertz CT molecular complexity index is 631. The number of carbonyl (C=O) groups is 1. The van der Waals surface area contributed by atoms with Crippen molar-refractivity contribution in [3.8, 4) is 5.75 Å². The van der Waals surface area contributed by atoms with E-state index < -0.39 is 6.10 Å². The van der Waals surface area contributed by atoms with Crippen molar-refractivity contribution in [3.05, 3.63) is 59.9 Å². The van der Waals surface area contributed by atoms with Crippen molar-refractivity contribution in [2.45, 2.75) is 45.8 Å². The Morgan fingerprint density at radius 1 is 1.17 bits per heavy atom. The van der Waals surface area contributed by atoms with Gasteiger partial charge in [-0.05, 0) is 42.2 Å². The molecule has 0 aliphatic heterocycles. The summed E-state index contributed by atoms with van der Waals surface area (Å²) < 4.78 is 5.70. The summed E-state index contributed by atoms with van der Waals surface area (Å²) in [5.41, 5.74) is 2.16. The van der Waals surface area contributed by atoms with Gasteiger partial charge in [0.1, 0.15) is 5.75 Å². The minimum Gasteiger partial charge on any atom is -0.481 e. The van der Waals surface area contributed by atoms with Crippen molar-refractivity contribution in [1.82, 2.24) is 10.3 Å². The summed E-state index contributed by atoms with van der Waals surface area (Å²) >= 11 is 0. The second kappa shape index (κ2) is 7.27. The highest BCUT2D eigenvalue weighted by Gasteiger charge is 2.16. The number of aromatic nitrogens is 1. The molecular weight excluding hydrogens is 288 g/mol. The first-order valence-corrected chi connectivity index (χ1v) is 7.81. The molecule has 0 aliphatic carbocycles. The minimum absolute atomic E-state index is 0.101. The molecule has 1 atom stereocenters. The molecule has 1 aromatic heterocycles. The predicted octanol–water partition coefficient (Wildman–Crippen LogP) is 3.46. The van der Waals surface area contributed by atoms with Crippen LogP contribution in [-0.4, -0.2) is 17.0 Å². The molecule has 4 nitrogen and oxygen atoms in total. The van der Waals surface area contributed by atoms with Crippen molar-refractivity contribution in [2.24, 2.45) is 0 Å². The fourth-order valence-corrected chi connectivity index (χ4v) is 2.12. The van der Waals surface area contributed by atoms with Crippen LogP contribution in [-0.2, 0) is 16.8 Å². The Labute approximate surface area is 137 Å². The summed E-state index contributed by atoms with van der Waals surface area (Å²) in [7, 11) is 0. The molecule has 0 radical (unpaired) electrons. The van der Waals surface area contributed by atoms with Gasteiger partial charge in [0.05, 0.1) is 12.2 Å². The van der Waals surface area contributed by atoms with Gasteiger partial charge in [0, 0.05) is 6.20 Å². The van der Waals surface area contributed by atoms with Crippen LogP contribution in [0.5, 0.6) is 5.75 Å².